The van der Waals surface area contributed by atoms with Gasteiger partial charge in [-0.15, -0.1) is 5.10 Å². The van der Waals surface area contributed by atoms with Crippen molar-refractivity contribution in [2.24, 2.45) is 0 Å². The average molecular weight is 253 g/mol. The molecule has 0 saturated carbocycles. The predicted octanol–water partition coefficient (Wildman–Crippen LogP) is 2.17. The van der Waals surface area contributed by atoms with Crippen molar-refractivity contribution < 1.29 is 0 Å². The molecule has 92 valence electrons. The second kappa shape index (κ2) is 4.78. The quantitative estimate of drug-likeness (QED) is 0.876. The summed E-state index contributed by atoms with van der Waals surface area (Å²) in [6.45, 7) is 2.51. The van der Waals surface area contributed by atoms with Crippen molar-refractivity contribution in [3.05, 3.63) is 17.4 Å². The number of rotatable bonds is 2. The van der Waals surface area contributed by atoms with Crippen LogP contribution in [0.5, 0.6) is 0 Å². The first kappa shape index (κ1) is 11.2. The first-order chi connectivity index (χ1) is 8.31. The highest BCUT2D eigenvalue weighted by Crippen LogP contribution is 2.28. The minimum absolute atomic E-state index is 0.452. The summed E-state index contributed by atoms with van der Waals surface area (Å²) >= 11 is 5.83. The van der Waals surface area contributed by atoms with Crippen LogP contribution in [0.4, 0.5) is 5.69 Å². The summed E-state index contributed by atoms with van der Waals surface area (Å²) in [4.78, 5) is 2.62. The van der Waals surface area contributed by atoms with Gasteiger partial charge >= 0.3 is 0 Å². The summed E-state index contributed by atoms with van der Waals surface area (Å²) in [5.41, 5.74) is 0.987. The summed E-state index contributed by atoms with van der Waals surface area (Å²) in [7, 11) is 0. The van der Waals surface area contributed by atoms with Crippen molar-refractivity contribution in [3.63, 3.8) is 0 Å². The van der Waals surface area contributed by atoms with Crippen LogP contribution in [0.2, 0.25) is 5.15 Å². The highest BCUT2D eigenvalue weighted by Gasteiger charge is 2.31. The molecule has 2 aliphatic rings. The molecule has 0 spiro atoms. The largest absolute Gasteiger partial charge is 0.381 e. The maximum Gasteiger partial charge on any atom is 0.153 e. The van der Waals surface area contributed by atoms with E-state index < -0.39 is 0 Å². The van der Waals surface area contributed by atoms with Crippen molar-refractivity contribution in [1.82, 2.24) is 15.1 Å². The fraction of sp³-hybridized carbons (Fsp3) is 0.667. The van der Waals surface area contributed by atoms with Crippen LogP contribution < -0.4 is 5.32 Å². The van der Waals surface area contributed by atoms with Gasteiger partial charge in [0.05, 0.1) is 11.9 Å². The van der Waals surface area contributed by atoms with Crippen LogP contribution >= 0.6 is 11.6 Å². The zero-order chi connectivity index (χ0) is 11.7. The molecule has 0 bridgehead atoms. The minimum atomic E-state index is 0.452. The maximum atomic E-state index is 5.83. The normalized spacial score (nSPS) is 29.0. The van der Waals surface area contributed by atoms with Gasteiger partial charge in [0.25, 0.3) is 0 Å². The Balaban J connectivity index is 1.62. The average Bonchev–Trinajstić information content (AvgIpc) is 2.76. The van der Waals surface area contributed by atoms with Gasteiger partial charge < -0.3 is 10.2 Å². The molecule has 1 N–H and O–H groups in total. The Hall–Kier alpha value is -0.870. The summed E-state index contributed by atoms with van der Waals surface area (Å²) in [5, 5.41) is 11.6. The maximum absolute atomic E-state index is 5.83. The Bertz CT molecular complexity index is 398. The number of hydrogen-bond acceptors (Lipinski definition) is 4. The lowest BCUT2D eigenvalue weighted by molar-refractivity contribution is 0.188. The first-order valence-corrected chi connectivity index (χ1v) is 6.68. The SMILES string of the molecule is Clc1cc(NC2CCN3CCCC3C2)cnn1. The number of nitrogens with one attached hydrogen (secondary N) is 1. The molecule has 3 heterocycles. The molecular weight excluding hydrogens is 236 g/mol. The Labute approximate surface area is 106 Å². The summed E-state index contributed by atoms with van der Waals surface area (Å²) in [6, 6.07) is 3.18. The van der Waals surface area contributed by atoms with Crippen molar-refractivity contribution in [1.29, 1.82) is 0 Å². The molecule has 5 heteroatoms. The van der Waals surface area contributed by atoms with E-state index in [1.54, 1.807) is 6.20 Å². The van der Waals surface area contributed by atoms with Gasteiger partial charge in [-0.25, -0.2) is 0 Å². The van der Waals surface area contributed by atoms with E-state index in [9.17, 15) is 0 Å². The molecule has 1 aromatic rings. The molecule has 2 aliphatic heterocycles. The van der Waals surface area contributed by atoms with Gasteiger partial charge in [0.2, 0.25) is 0 Å². The van der Waals surface area contributed by atoms with Crippen LogP contribution in [0.3, 0.4) is 0 Å². The van der Waals surface area contributed by atoms with Crippen LogP contribution in [0.15, 0.2) is 12.3 Å². The second-order valence-corrected chi connectivity index (χ2v) is 5.35. The fourth-order valence-electron chi connectivity index (χ4n) is 3.01. The molecule has 4 nitrogen and oxygen atoms in total. The van der Waals surface area contributed by atoms with E-state index in [1.807, 2.05) is 6.07 Å². The standard InChI is InChI=1S/C12H17ClN4/c13-12-7-10(8-14-16-12)15-9-3-5-17-4-1-2-11(17)6-9/h7-9,11H,1-6H2,(H,15,16). The van der Waals surface area contributed by atoms with E-state index in [4.69, 9.17) is 11.6 Å². The number of aromatic nitrogens is 2. The van der Waals surface area contributed by atoms with Crippen LogP contribution in [-0.4, -0.2) is 40.3 Å². The Morgan fingerprint density at radius 1 is 1.35 bits per heavy atom. The molecule has 2 fully saturated rings. The van der Waals surface area contributed by atoms with E-state index in [0.29, 0.717) is 11.2 Å². The van der Waals surface area contributed by atoms with E-state index in [2.05, 4.69) is 20.4 Å². The molecular formula is C12H17ClN4. The number of fused-ring (bicyclic) bond motifs is 1. The lowest BCUT2D eigenvalue weighted by Crippen LogP contribution is -2.42. The lowest BCUT2D eigenvalue weighted by atomic mass is 9.97. The monoisotopic (exact) mass is 252 g/mol. The number of nitrogens with zero attached hydrogens (tertiary/aromatic N) is 3. The number of hydrogen-bond donors (Lipinski definition) is 1. The molecule has 3 rings (SSSR count). The van der Waals surface area contributed by atoms with Crippen LogP contribution in [0.25, 0.3) is 0 Å². The summed E-state index contributed by atoms with van der Waals surface area (Å²) < 4.78 is 0. The third kappa shape index (κ3) is 2.53. The topological polar surface area (TPSA) is 41.0 Å². The molecule has 2 saturated heterocycles. The van der Waals surface area contributed by atoms with E-state index >= 15 is 0 Å². The lowest BCUT2D eigenvalue weighted by Gasteiger charge is -2.35. The van der Waals surface area contributed by atoms with Gasteiger partial charge in [-0.3, -0.25) is 0 Å². The third-order valence-electron chi connectivity index (χ3n) is 3.82. The highest BCUT2D eigenvalue weighted by molar-refractivity contribution is 6.29. The molecule has 0 aromatic carbocycles. The molecule has 1 aromatic heterocycles. The molecule has 2 atom stereocenters. The Morgan fingerprint density at radius 3 is 3.18 bits per heavy atom. The first-order valence-electron chi connectivity index (χ1n) is 6.30. The van der Waals surface area contributed by atoms with Crippen LogP contribution in [0, 0.1) is 0 Å². The highest BCUT2D eigenvalue weighted by atomic mass is 35.5. The van der Waals surface area contributed by atoms with Gasteiger partial charge in [-0.1, -0.05) is 11.6 Å². The van der Waals surface area contributed by atoms with Crippen LogP contribution in [0.1, 0.15) is 25.7 Å². The van der Waals surface area contributed by atoms with E-state index in [-0.39, 0.29) is 0 Å². The van der Waals surface area contributed by atoms with Gasteiger partial charge in [0.1, 0.15) is 0 Å². The molecule has 0 radical (unpaired) electrons. The van der Waals surface area contributed by atoms with E-state index in [0.717, 1.165) is 11.7 Å². The zero-order valence-electron chi connectivity index (χ0n) is 9.77. The fourth-order valence-corrected chi connectivity index (χ4v) is 3.17. The molecule has 17 heavy (non-hydrogen) atoms. The van der Waals surface area contributed by atoms with Gasteiger partial charge in [0, 0.05) is 24.7 Å². The number of piperidine rings is 1. The van der Waals surface area contributed by atoms with E-state index in [1.165, 1.54) is 38.8 Å². The smallest absolute Gasteiger partial charge is 0.153 e. The number of anilines is 1. The Morgan fingerprint density at radius 2 is 2.29 bits per heavy atom. The Kier molecular flexibility index (Phi) is 3.16. The predicted molar refractivity (Wildman–Crippen MR) is 68.3 cm³/mol. The molecule has 0 aliphatic carbocycles. The third-order valence-corrected chi connectivity index (χ3v) is 4.00. The van der Waals surface area contributed by atoms with Crippen molar-refractivity contribution in [2.45, 2.75) is 37.8 Å². The molecule has 2 unspecified atom stereocenters. The molecule has 0 amide bonds. The minimum Gasteiger partial charge on any atom is -0.381 e. The summed E-state index contributed by atoms with van der Waals surface area (Å²) in [5.74, 6) is 0. The van der Waals surface area contributed by atoms with Gasteiger partial charge in [0.15, 0.2) is 5.15 Å². The van der Waals surface area contributed by atoms with Gasteiger partial charge in [-0.2, -0.15) is 5.10 Å². The van der Waals surface area contributed by atoms with Crippen molar-refractivity contribution >= 4 is 17.3 Å². The van der Waals surface area contributed by atoms with Crippen molar-refractivity contribution in [3.8, 4) is 0 Å². The summed E-state index contributed by atoms with van der Waals surface area (Å²) in [6.07, 6.45) is 6.90. The van der Waals surface area contributed by atoms with Crippen LogP contribution in [-0.2, 0) is 0 Å². The second-order valence-electron chi connectivity index (χ2n) is 4.96. The number of halogens is 1. The zero-order valence-corrected chi connectivity index (χ0v) is 10.5. The van der Waals surface area contributed by atoms with Crippen molar-refractivity contribution in [2.75, 3.05) is 18.4 Å². The van der Waals surface area contributed by atoms with Gasteiger partial charge in [-0.05, 0) is 32.2 Å².